The fraction of sp³-hybridized carbons (Fsp3) is 0.115. The lowest BCUT2D eigenvalue weighted by molar-refractivity contribution is 0.869. The molecule has 0 N–H and O–H groups in total. The zero-order chi connectivity index (χ0) is 19.7. The molecule has 0 spiro atoms. The van der Waals surface area contributed by atoms with E-state index in [0.29, 0.717) is 5.92 Å². The van der Waals surface area contributed by atoms with Gasteiger partial charge in [-0.3, -0.25) is 0 Å². The molecule has 0 radical (unpaired) electrons. The van der Waals surface area contributed by atoms with E-state index < -0.39 is 0 Å². The number of halogens is 1. The maximum Gasteiger partial charge on any atom is 0.100 e. The molecule has 0 aliphatic rings. The van der Waals surface area contributed by atoms with Crippen LogP contribution in [0, 0.1) is 11.3 Å². The van der Waals surface area contributed by atoms with Gasteiger partial charge in [-0.2, -0.15) is 5.26 Å². The predicted molar refractivity (Wildman–Crippen MR) is 121 cm³/mol. The van der Waals surface area contributed by atoms with Gasteiger partial charge in [-0.25, -0.2) is 0 Å². The highest BCUT2D eigenvalue weighted by Gasteiger charge is 2.15. The van der Waals surface area contributed by atoms with Crippen molar-refractivity contribution in [3.05, 3.63) is 94.5 Å². The topological polar surface area (TPSA) is 23.8 Å². The van der Waals surface area contributed by atoms with E-state index in [4.69, 9.17) is 0 Å². The minimum absolute atomic E-state index is 0.406. The first-order valence-electron chi connectivity index (χ1n) is 9.41. The first-order valence-corrected chi connectivity index (χ1v) is 10.2. The van der Waals surface area contributed by atoms with Gasteiger partial charge in [0, 0.05) is 15.4 Å². The Morgan fingerprint density at radius 2 is 1.54 bits per heavy atom. The molecule has 4 aromatic carbocycles. The molecular weight excluding hydrogens is 406 g/mol. The van der Waals surface area contributed by atoms with Crippen molar-refractivity contribution in [3.8, 4) is 28.3 Å². The molecule has 0 amide bonds. The number of hydrogen-bond acceptors (Lipinski definition) is 1. The molecule has 1 nitrogen and oxygen atoms in total. The Kier molecular flexibility index (Phi) is 5.03. The summed E-state index contributed by atoms with van der Waals surface area (Å²) in [7, 11) is 0. The van der Waals surface area contributed by atoms with E-state index in [1.807, 2.05) is 30.3 Å². The van der Waals surface area contributed by atoms with E-state index in [1.165, 1.54) is 16.7 Å². The molecule has 136 valence electrons. The van der Waals surface area contributed by atoms with Crippen molar-refractivity contribution in [1.29, 1.82) is 5.26 Å². The third kappa shape index (κ3) is 3.23. The summed E-state index contributed by atoms with van der Waals surface area (Å²) in [6.07, 6.45) is 0. The molecule has 28 heavy (non-hydrogen) atoms. The number of rotatable bonds is 3. The first kappa shape index (κ1) is 18.5. The minimum atomic E-state index is 0.406. The Labute approximate surface area is 174 Å². The van der Waals surface area contributed by atoms with Gasteiger partial charge < -0.3 is 0 Å². The lowest BCUT2D eigenvalue weighted by Crippen LogP contribution is -1.95. The van der Waals surface area contributed by atoms with Gasteiger partial charge in [0.2, 0.25) is 0 Å². The molecule has 4 aromatic rings. The third-order valence-corrected chi connectivity index (χ3v) is 5.88. The van der Waals surface area contributed by atoms with Crippen LogP contribution in [0.3, 0.4) is 0 Å². The highest BCUT2D eigenvalue weighted by atomic mass is 79.9. The number of benzene rings is 4. The van der Waals surface area contributed by atoms with Crippen LogP contribution in [0.5, 0.6) is 0 Å². The maximum atomic E-state index is 9.89. The summed E-state index contributed by atoms with van der Waals surface area (Å²) in [6.45, 7) is 4.43. The molecule has 0 unspecified atom stereocenters. The molecule has 2 heteroatoms. The van der Waals surface area contributed by atoms with Gasteiger partial charge in [-0.05, 0) is 45.7 Å². The molecule has 0 saturated heterocycles. The molecule has 0 saturated carbocycles. The van der Waals surface area contributed by atoms with Crippen molar-refractivity contribution >= 4 is 26.7 Å². The summed E-state index contributed by atoms with van der Waals surface area (Å²) in [5.41, 5.74) is 6.45. The summed E-state index contributed by atoms with van der Waals surface area (Å²) >= 11 is 3.71. The second-order valence-electron chi connectivity index (χ2n) is 7.26. The quantitative estimate of drug-likeness (QED) is 0.326. The van der Waals surface area contributed by atoms with Gasteiger partial charge in [0.05, 0.1) is 5.56 Å². The van der Waals surface area contributed by atoms with Crippen LogP contribution >= 0.6 is 15.9 Å². The van der Waals surface area contributed by atoms with E-state index in [2.05, 4.69) is 84.4 Å². The van der Waals surface area contributed by atoms with Gasteiger partial charge in [0.25, 0.3) is 0 Å². The van der Waals surface area contributed by atoms with Gasteiger partial charge in [0.15, 0.2) is 0 Å². The van der Waals surface area contributed by atoms with Crippen molar-refractivity contribution in [2.75, 3.05) is 0 Å². The predicted octanol–water partition coefficient (Wildman–Crippen LogP) is 7.93. The summed E-state index contributed by atoms with van der Waals surface area (Å²) < 4.78 is 1.08. The van der Waals surface area contributed by atoms with E-state index in [1.54, 1.807) is 0 Å². The van der Waals surface area contributed by atoms with Crippen LogP contribution in [-0.2, 0) is 0 Å². The average Bonchev–Trinajstić information content (AvgIpc) is 2.72. The van der Waals surface area contributed by atoms with Crippen LogP contribution in [0.4, 0.5) is 0 Å². The molecule has 4 rings (SSSR count). The Bertz CT molecular complexity index is 1210. The van der Waals surface area contributed by atoms with Crippen molar-refractivity contribution in [1.82, 2.24) is 0 Å². The van der Waals surface area contributed by atoms with Crippen molar-refractivity contribution in [2.45, 2.75) is 19.8 Å². The van der Waals surface area contributed by atoms with E-state index >= 15 is 0 Å². The van der Waals surface area contributed by atoms with Crippen molar-refractivity contribution in [2.24, 2.45) is 0 Å². The highest BCUT2D eigenvalue weighted by molar-refractivity contribution is 9.10. The lowest BCUT2D eigenvalue weighted by Gasteiger charge is -2.17. The van der Waals surface area contributed by atoms with Crippen LogP contribution < -0.4 is 0 Å². The summed E-state index contributed by atoms with van der Waals surface area (Å²) in [4.78, 5) is 0. The largest absolute Gasteiger partial charge is 0.192 e. The van der Waals surface area contributed by atoms with Crippen LogP contribution in [0.15, 0.2) is 83.3 Å². The summed E-state index contributed by atoms with van der Waals surface area (Å²) in [5, 5.41) is 12.0. The van der Waals surface area contributed by atoms with Crippen molar-refractivity contribution < 1.29 is 0 Å². The zero-order valence-corrected chi connectivity index (χ0v) is 17.5. The minimum Gasteiger partial charge on any atom is -0.192 e. The van der Waals surface area contributed by atoms with Gasteiger partial charge in [-0.1, -0.05) is 96.5 Å². The molecule has 0 aliphatic heterocycles. The standard InChI is InChI=1S/C26H20BrN/c1-17(2)20-13-12-19(15-24(20)23-9-5-6-10-26(23)27)22-14-11-18-7-3-4-8-21(18)25(22)16-28/h3-15,17H,1-2H3. The van der Waals surface area contributed by atoms with Gasteiger partial charge >= 0.3 is 0 Å². The van der Waals surface area contributed by atoms with Crippen LogP contribution in [0.25, 0.3) is 33.0 Å². The Morgan fingerprint density at radius 1 is 0.786 bits per heavy atom. The average molecular weight is 426 g/mol. The SMILES string of the molecule is CC(C)c1ccc(-c2ccc3ccccc3c2C#N)cc1-c1ccccc1Br. The van der Waals surface area contributed by atoms with E-state index in [-0.39, 0.29) is 0 Å². The highest BCUT2D eigenvalue weighted by Crippen LogP contribution is 2.38. The number of fused-ring (bicyclic) bond motifs is 1. The van der Waals surface area contributed by atoms with E-state index in [0.717, 1.165) is 31.9 Å². The summed E-state index contributed by atoms with van der Waals surface area (Å²) in [5.74, 6) is 0.406. The number of hydrogen-bond donors (Lipinski definition) is 0. The lowest BCUT2D eigenvalue weighted by atomic mass is 9.88. The second-order valence-corrected chi connectivity index (χ2v) is 8.11. The molecule has 0 atom stereocenters. The summed E-state index contributed by atoms with van der Waals surface area (Å²) in [6, 6.07) is 29.5. The zero-order valence-electron chi connectivity index (χ0n) is 15.9. The monoisotopic (exact) mass is 425 g/mol. The third-order valence-electron chi connectivity index (χ3n) is 5.19. The Morgan fingerprint density at radius 3 is 2.29 bits per heavy atom. The van der Waals surface area contributed by atoms with Gasteiger partial charge in [-0.15, -0.1) is 0 Å². The number of nitriles is 1. The second kappa shape index (κ2) is 7.62. The molecule has 0 aliphatic carbocycles. The molecular formula is C26H20BrN. The Balaban J connectivity index is 1.98. The number of nitrogens with zero attached hydrogens (tertiary/aromatic N) is 1. The molecule has 0 heterocycles. The van der Waals surface area contributed by atoms with Crippen LogP contribution in [-0.4, -0.2) is 0 Å². The molecule has 0 aromatic heterocycles. The fourth-order valence-electron chi connectivity index (χ4n) is 3.77. The Hall–Kier alpha value is -2.89. The normalized spacial score (nSPS) is 11.0. The van der Waals surface area contributed by atoms with Crippen molar-refractivity contribution in [3.63, 3.8) is 0 Å². The smallest absolute Gasteiger partial charge is 0.100 e. The first-order chi connectivity index (χ1) is 13.6. The fourth-order valence-corrected chi connectivity index (χ4v) is 4.27. The van der Waals surface area contributed by atoms with Crippen LogP contribution in [0.2, 0.25) is 0 Å². The van der Waals surface area contributed by atoms with Gasteiger partial charge in [0.1, 0.15) is 6.07 Å². The van der Waals surface area contributed by atoms with Crippen LogP contribution in [0.1, 0.15) is 30.9 Å². The molecule has 0 bridgehead atoms. The maximum absolute atomic E-state index is 9.89. The van der Waals surface area contributed by atoms with E-state index in [9.17, 15) is 5.26 Å². The molecule has 0 fully saturated rings.